The number of rotatable bonds is 42. The molecule has 4 heteroatoms. The maximum atomic E-state index is 11.8. The Morgan fingerprint density at radius 3 is 0.551 bits per heavy atom. The summed E-state index contributed by atoms with van der Waals surface area (Å²) in [6, 6.07) is 0. The number of hydrogen-bond donors (Lipinski definition) is 0. The van der Waals surface area contributed by atoms with Crippen molar-refractivity contribution >= 4 is 8.25 Å². The maximum Gasteiger partial charge on any atom is 0.697 e. The van der Waals surface area contributed by atoms with Crippen molar-refractivity contribution in [3.8, 4) is 0 Å². The van der Waals surface area contributed by atoms with E-state index >= 15 is 0 Å². The molecule has 0 aliphatic carbocycles. The van der Waals surface area contributed by atoms with Crippen molar-refractivity contribution in [1.82, 2.24) is 0 Å². The monoisotopic (exact) mass is 714 g/mol. The molecule has 0 radical (unpaired) electrons. The first-order valence-corrected chi connectivity index (χ1v) is 24.0. The van der Waals surface area contributed by atoms with Gasteiger partial charge in [-0.1, -0.05) is 265 Å². The first-order valence-electron chi connectivity index (χ1n) is 23.0. The Kier molecular flexibility index (Phi) is 52.3. The van der Waals surface area contributed by atoms with Gasteiger partial charge in [0.1, 0.15) is 13.2 Å². The Morgan fingerprint density at radius 1 is 0.245 bits per heavy atom. The minimum absolute atomic E-state index is 0.575. The fourth-order valence-corrected chi connectivity index (χ4v) is 7.28. The van der Waals surface area contributed by atoms with E-state index in [9.17, 15) is 4.57 Å². The predicted molar refractivity (Wildman–Crippen MR) is 222 cm³/mol. The minimum Gasteiger partial charge on any atom is -0.119 e. The van der Waals surface area contributed by atoms with Gasteiger partial charge < -0.3 is 0 Å². The molecule has 0 amide bonds. The maximum absolute atomic E-state index is 11.8. The molecule has 0 aromatic heterocycles. The third-order valence-corrected chi connectivity index (χ3v) is 10.9. The van der Waals surface area contributed by atoms with Gasteiger partial charge in [-0.15, -0.1) is 9.05 Å². The smallest absolute Gasteiger partial charge is 0.119 e. The van der Waals surface area contributed by atoms with Crippen LogP contribution in [0.1, 0.15) is 278 Å². The SMILES string of the molecule is CCCCCCCCCCCCCCC.CCCCCCCCCCCCCCCO[P+](=O)OCCCCCCCCCCCCCCC. The second-order valence-electron chi connectivity index (χ2n) is 15.3. The quantitative estimate of drug-likeness (QED) is 0.0467. The van der Waals surface area contributed by atoms with Crippen LogP contribution in [0.2, 0.25) is 0 Å². The molecule has 0 aliphatic heterocycles. The van der Waals surface area contributed by atoms with Crippen LogP contribution in [-0.4, -0.2) is 13.2 Å². The molecular weight excluding hydrogens is 619 g/mol. The molecule has 0 aliphatic rings. The Balaban J connectivity index is 0. The number of unbranched alkanes of at least 4 members (excludes halogenated alkanes) is 36. The summed E-state index contributed by atoms with van der Waals surface area (Å²) in [7, 11) is -1.91. The summed E-state index contributed by atoms with van der Waals surface area (Å²) in [5.74, 6) is 0. The van der Waals surface area contributed by atoms with Crippen molar-refractivity contribution in [1.29, 1.82) is 0 Å². The van der Waals surface area contributed by atoms with E-state index in [-0.39, 0.29) is 0 Å². The zero-order chi connectivity index (χ0) is 36.0. The average molecular weight is 714 g/mol. The summed E-state index contributed by atoms with van der Waals surface area (Å²) >= 11 is 0. The van der Waals surface area contributed by atoms with E-state index in [0.29, 0.717) is 13.2 Å². The lowest BCUT2D eigenvalue weighted by Crippen LogP contribution is -1.92. The van der Waals surface area contributed by atoms with Gasteiger partial charge in [-0.2, -0.15) is 0 Å². The summed E-state index contributed by atoms with van der Waals surface area (Å²) in [4.78, 5) is 0. The molecule has 0 fully saturated rings. The van der Waals surface area contributed by atoms with E-state index in [1.54, 1.807) is 0 Å². The lowest BCUT2D eigenvalue weighted by Gasteiger charge is -2.02. The zero-order valence-electron chi connectivity index (χ0n) is 34.7. The van der Waals surface area contributed by atoms with Gasteiger partial charge >= 0.3 is 8.25 Å². The highest BCUT2D eigenvalue weighted by atomic mass is 31.1. The van der Waals surface area contributed by atoms with Gasteiger partial charge in [-0.3, -0.25) is 0 Å². The highest BCUT2D eigenvalue weighted by Gasteiger charge is 2.18. The van der Waals surface area contributed by atoms with Crippen molar-refractivity contribution < 1.29 is 13.6 Å². The van der Waals surface area contributed by atoms with Crippen LogP contribution >= 0.6 is 8.25 Å². The molecule has 0 N–H and O–H groups in total. The molecule has 0 rings (SSSR count). The summed E-state index contributed by atoms with van der Waals surface area (Å²) in [5, 5.41) is 0. The van der Waals surface area contributed by atoms with E-state index in [4.69, 9.17) is 9.05 Å². The van der Waals surface area contributed by atoms with Crippen molar-refractivity contribution in [2.45, 2.75) is 278 Å². The molecule has 3 nitrogen and oxygen atoms in total. The summed E-state index contributed by atoms with van der Waals surface area (Å²) in [5.41, 5.74) is 0. The second kappa shape index (κ2) is 50.1. The van der Waals surface area contributed by atoms with Crippen LogP contribution in [0, 0.1) is 0 Å². The molecule has 0 aromatic rings. The highest BCUT2D eigenvalue weighted by molar-refractivity contribution is 7.33. The standard InChI is InChI=1S/C30H62O3P.C15H32/c1-3-5-7-9-11-13-15-17-19-21-23-25-27-29-32-34(31)33-30-28-26-24-22-20-18-16-14-12-10-8-6-4-2;1-3-5-7-9-11-13-15-14-12-10-8-6-4-2/h3-30H2,1-2H3;3-15H2,1-2H3/q+1;. The van der Waals surface area contributed by atoms with Crippen LogP contribution in [-0.2, 0) is 13.6 Å². The van der Waals surface area contributed by atoms with Crippen LogP contribution < -0.4 is 0 Å². The van der Waals surface area contributed by atoms with Gasteiger partial charge in [0.25, 0.3) is 0 Å². The average Bonchev–Trinajstić information content (AvgIpc) is 3.11. The molecule has 0 spiro atoms. The third-order valence-electron chi connectivity index (χ3n) is 10.1. The number of hydrogen-bond acceptors (Lipinski definition) is 3. The van der Waals surface area contributed by atoms with E-state index in [1.165, 1.54) is 238 Å². The van der Waals surface area contributed by atoms with Gasteiger partial charge in [-0.05, 0) is 12.8 Å². The van der Waals surface area contributed by atoms with Gasteiger partial charge in [0.05, 0.1) is 0 Å². The van der Waals surface area contributed by atoms with Crippen LogP contribution in [0.25, 0.3) is 0 Å². The first kappa shape index (κ1) is 51.1. The summed E-state index contributed by atoms with van der Waals surface area (Å²) in [6.45, 7) is 10.3. The molecule has 0 saturated carbocycles. The summed E-state index contributed by atoms with van der Waals surface area (Å²) < 4.78 is 22.5. The molecular formula is C45H94O3P+. The topological polar surface area (TPSA) is 35.5 Å². The van der Waals surface area contributed by atoms with E-state index in [1.807, 2.05) is 0 Å². The fraction of sp³-hybridized carbons (Fsp3) is 1.00. The Morgan fingerprint density at radius 2 is 0.388 bits per heavy atom. The molecule has 296 valence electrons. The summed E-state index contributed by atoms with van der Waals surface area (Å²) in [6.07, 6.45) is 53.7. The van der Waals surface area contributed by atoms with Crippen LogP contribution in [0.5, 0.6) is 0 Å². The van der Waals surface area contributed by atoms with E-state index in [0.717, 1.165) is 12.8 Å². The molecule has 49 heavy (non-hydrogen) atoms. The van der Waals surface area contributed by atoms with Crippen molar-refractivity contribution in [3.05, 3.63) is 0 Å². The first-order chi connectivity index (χ1) is 24.2. The van der Waals surface area contributed by atoms with Crippen molar-refractivity contribution in [3.63, 3.8) is 0 Å². The van der Waals surface area contributed by atoms with Crippen LogP contribution in [0.15, 0.2) is 0 Å². The van der Waals surface area contributed by atoms with Crippen molar-refractivity contribution in [2.75, 3.05) is 13.2 Å². The minimum atomic E-state index is -1.91. The Bertz CT molecular complexity index is 523. The van der Waals surface area contributed by atoms with Gasteiger partial charge in [0.2, 0.25) is 0 Å². The van der Waals surface area contributed by atoms with Crippen LogP contribution in [0.3, 0.4) is 0 Å². The second-order valence-corrected chi connectivity index (χ2v) is 16.2. The Hall–Kier alpha value is 0.0200. The molecule has 0 unspecified atom stereocenters. The predicted octanol–water partition coefficient (Wildman–Crippen LogP) is 18.0. The van der Waals surface area contributed by atoms with Gasteiger partial charge in [0, 0.05) is 4.57 Å². The zero-order valence-corrected chi connectivity index (χ0v) is 35.6. The largest absolute Gasteiger partial charge is 0.697 e. The normalized spacial score (nSPS) is 11.2. The van der Waals surface area contributed by atoms with Crippen molar-refractivity contribution in [2.24, 2.45) is 0 Å². The molecule has 0 heterocycles. The molecule has 0 aromatic carbocycles. The highest BCUT2D eigenvalue weighted by Crippen LogP contribution is 2.25. The van der Waals surface area contributed by atoms with E-state index < -0.39 is 8.25 Å². The molecule has 0 saturated heterocycles. The van der Waals surface area contributed by atoms with Crippen LogP contribution in [0.4, 0.5) is 0 Å². The van der Waals surface area contributed by atoms with E-state index in [2.05, 4.69) is 27.7 Å². The lowest BCUT2D eigenvalue weighted by atomic mass is 10.0. The Labute approximate surface area is 312 Å². The van der Waals surface area contributed by atoms with Gasteiger partial charge in [-0.25, -0.2) is 0 Å². The molecule has 0 bridgehead atoms. The lowest BCUT2D eigenvalue weighted by molar-refractivity contribution is 0.218. The molecule has 0 atom stereocenters. The van der Waals surface area contributed by atoms with Gasteiger partial charge in [0.15, 0.2) is 0 Å². The third kappa shape index (κ3) is 52.5. The fourth-order valence-electron chi connectivity index (χ4n) is 6.65.